The number of hydrogen-bond donors (Lipinski definition) is 3. The lowest BCUT2D eigenvalue weighted by Gasteiger charge is -2.62. The molecule has 4 N–H and O–H groups in total. The minimum absolute atomic E-state index is 0.113. The monoisotopic (exact) mass is 455 g/mol. The first-order valence-corrected chi connectivity index (χ1v) is 12.1. The van der Waals surface area contributed by atoms with Gasteiger partial charge in [0.1, 0.15) is 22.8 Å². The van der Waals surface area contributed by atoms with E-state index in [1.54, 1.807) is 30.3 Å². The molecule has 4 aliphatic carbocycles. The highest BCUT2D eigenvalue weighted by atomic mass is 16.5. The molecule has 34 heavy (non-hydrogen) atoms. The molecule has 5 nitrogen and oxygen atoms in total. The van der Waals surface area contributed by atoms with Gasteiger partial charge in [0.05, 0.1) is 5.69 Å². The Bertz CT molecular complexity index is 1250. The van der Waals surface area contributed by atoms with Crippen LogP contribution in [0.3, 0.4) is 0 Å². The highest BCUT2D eigenvalue weighted by Crippen LogP contribution is 2.66. The van der Waals surface area contributed by atoms with Gasteiger partial charge in [0.15, 0.2) is 0 Å². The molecule has 4 bridgehead atoms. The smallest absolute Gasteiger partial charge is 0.339 e. The summed E-state index contributed by atoms with van der Waals surface area (Å²) in [6.07, 6.45) is 7.22. The van der Waals surface area contributed by atoms with Gasteiger partial charge in [0.25, 0.3) is 0 Å². The Morgan fingerprint density at radius 2 is 1.50 bits per heavy atom. The molecule has 4 saturated carbocycles. The average molecular weight is 456 g/mol. The topological polar surface area (TPSA) is 92.8 Å². The van der Waals surface area contributed by atoms with Gasteiger partial charge in [-0.2, -0.15) is 0 Å². The minimum Gasteiger partial charge on any atom is -0.506 e. The number of aromatic hydroxyl groups is 1. The van der Waals surface area contributed by atoms with Crippen LogP contribution in [0.15, 0.2) is 66.7 Å². The van der Waals surface area contributed by atoms with Gasteiger partial charge in [0, 0.05) is 0 Å². The minimum atomic E-state index is -0.999. The number of ether oxygens (including phenoxy) is 1. The molecule has 0 heterocycles. The number of anilines is 1. The van der Waals surface area contributed by atoms with E-state index in [2.05, 4.69) is 18.2 Å². The number of nitrogen functional groups attached to an aromatic ring is 1. The van der Waals surface area contributed by atoms with E-state index >= 15 is 0 Å². The van der Waals surface area contributed by atoms with Crippen molar-refractivity contribution in [1.29, 1.82) is 0 Å². The van der Waals surface area contributed by atoms with Gasteiger partial charge in [-0.1, -0.05) is 30.3 Å². The third-order valence-corrected chi connectivity index (χ3v) is 8.51. The molecule has 3 aromatic rings. The molecule has 5 heteroatoms. The van der Waals surface area contributed by atoms with Crippen LogP contribution in [0.25, 0.3) is 0 Å². The summed E-state index contributed by atoms with van der Waals surface area (Å²) >= 11 is 0. The number of nitrogens with two attached hydrogens (primary N) is 1. The molecule has 0 radical (unpaired) electrons. The molecule has 0 saturated heterocycles. The van der Waals surface area contributed by atoms with Crippen LogP contribution >= 0.6 is 0 Å². The van der Waals surface area contributed by atoms with Crippen LogP contribution in [-0.2, 0) is 10.8 Å². The molecule has 0 aromatic heterocycles. The van der Waals surface area contributed by atoms with E-state index in [0.717, 1.165) is 6.42 Å². The largest absolute Gasteiger partial charge is 0.506 e. The lowest BCUT2D eigenvalue weighted by Crippen LogP contribution is -2.55. The van der Waals surface area contributed by atoms with Crippen molar-refractivity contribution in [1.82, 2.24) is 0 Å². The van der Waals surface area contributed by atoms with Gasteiger partial charge < -0.3 is 20.7 Å². The van der Waals surface area contributed by atoms with Gasteiger partial charge >= 0.3 is 5.97 Å². The van der Waals surface area contributed by atoms with Crippen molar-refractivity contribution in [2.45, 2.75) is 49.4 Å². The fraction of sp³-hybridized carbons (Fsp3) is 0.345. The maximum Gasteiger partial charge on any atom is 0.339 e. The molecule has 174 valence electrons. The van der Waals surface area contributed by atoms with Gasteiger partial charge in [-0.25, -0.2) is 4.79 Å². The first-order chi connectivity index (χ1) is 16.4. The number of phenols is 1. The Morgan fingerprint density at radius 1 is 0.882 bits per heavy atom. The van der Waals surface area contributed by atoms with Gasteiger partial charge in [-0.05, 0) is 109 Å². The third-order valence-electron chi connectivity index (χ3n) is 8.51. The Balaban J connectivity index is 1.31. The molecule has 4 fully saturated rings. The highest BCUT2D eigenvalue weighted by Gasteiger charge is 2.58. The zero-order valence-corrected chi connectivity index (χ0v) is 19.0. The van der Waals surface area contributed by atoms with E-state index in [1.165, 1.54) is 43.2 Å². The summed E-state index contributed by atoms with van der Waals surface area (Å²) in [5.41, 5.74) is 9.57. The normalized spacial score (nSPS) is 29.2. The highest BCUT2D eigenvalue weighted by molar-refractivity contribution is 5.90. The van der Waals surface area contributed by atoms with Crippen molar-refractivity contribution in [3.63, 3.8) is 0 Å². The summed E-state index contributed by atoms with van der Waals surface area (Å²) in [7, 11) is 0. The number of para-hydroxylation sites is 1. The molecule has 0 aliphatic heterocycles. The second kappa shape index (κ2) is 7.52. The molecule has 3 aromatic carbocycles. The van der Waals surface area contributed by atoms with E-state index in [4.69, 9.17) is 10.5 Å². The van der Waals surface area contributed by atoms with Crippen LogP contribution in [0.1, 0.15) is 60.0 Å². The maximum absolute atomic E-state index is 11.5. The van der Waals surface area contributed by atoms with Crippen molar-refractivity contribution < 1.29 is 19.7 Å². The van der Waals surface area contributed by atoms with Crippen molar-refractivity contribution in [3.05, 3.63) is 83.4 Å². The van der Waals surface area contributed by atoms with Crippen LogP contribution in [0, 0.1) is 11.8 Å². The van der Waals surface area contributed by atoms with Crippen LogP contribution in [-0.4, -0.2) is 16.2 Å². The summed E-state index contributed by atoms with van der Waals surface area (Å²) in [5.74, 6) is 1.55. The molecule has 7 rings (SSSR count). The Hall–Kier alpha value is -3.47. The molecular weight excluding hydrogens is 426 g/mol. The quantitative estimate of drug-likeness (QED) is 0.312. The molecule has 4 aliphatic rings. The first-order valence-electron chi connectivity index (χ1n) is 12.1. The molecule has 0 spiro atoms. The predicted molar refractivity (Wildman–Crippen MR) is 130 cm³/mol. The SMILES string of the molecule is Nc1cc(C23CC4CC(CC(c5ccc(Oc6ccccc6C(=O)O)cc5)(C4)C2)C3)ccc1O. The fourth-order valence-corrected chi connectivity index (χ4v) is 7.56. The summed E-state index contributed by atoms with van der Waals surface area (Å²) < 4.78 is 5.94. The van der Waals surface area contributed by atoms with Gasteiger partial charge in [0.2, 0.25) is 0 Å². The number of carboxylic acids is 1. The van der Waals surface area contributed by atoms with Crippen molar-refractivity contribution in [2.75, 3.05) is 5.73 Å². The fourth-order valence-electron chi connectivity index (χ4n) is 7.56. The number of hydrogen-bond acceptors (Lipinski definition) is 4. The molecule has 2 unspecified atom stereocenters. The number of aromatic carboxylic acids is 1. The standard InChI is InChI=1S/C29H29NO4/c30-24-12-21(7-10-25(24)31)29-15-18-11-19(16-29)14-28(13-18,17-29)20-5-8-22(9-6-20)34-26-4-2-1-3-23(26)27(32)33/h1-10,12,18-19,31H,11,13-17,30H2,(H,32,33). The van der Waals surface area contributed by atoms with Crippen molar-refractivity contribution >= 4 is 11.7 Å². The molecule has 2 atom stereocenters. The summed E-state index contributed by atoms with van der Waals surface area (Å²) in [5, 5.41) is 19.4. The van der Waals surface area contributed by atoms with E-state index in [0.29, 0.717) is 29.0 Å². The second-order valence-corrected chi connectivity index (χ2v) is 10.7. The van der Waals surface area contributed by atoms with Crippen LogP contribution in [0.2, 0.25) is 0 Å². The lowest BCUT2D eigenvalue weighted by atomic mass is 9.41. The Kier molecular flexibility index (Phi) is 4.67. The second-order valence-electron chi connectivity index (χ2n) is 10.7. The maximum atomic E-state index is 11.5. The Labute approximate surface area is 199 Å². The van der Waals surface area contributed by atoms with Crippen LogP contribution in [0.4, 0.5) is 5.69 Å². The summed E-state index contributed by atoms with van der Waals surface area (Å²) in [6.45, 7) is 0. The molecular formula is C29H29NO4. The average Bonchev–Trinajstić information content (AvgIpc) is 2.80. The summed E-state index contributed by atoms with van der Waals surface area (Å²) in [4.78, 5) is 11.5. The van der Waals surface area contributed by atoms with E-state index in [1.807, 2.05) is 18.2 Å². The van der Waals surface area contributed by atoms with Crippen LogP contribution < -0.4 is 10.5 Å². The summed E-state index contributed by atoms with van der Waals surface area (Å²) in [6, 6.07) is 20.8. The van der Waals surface area contributed by atoms with Crippen molar-refractivity contribution in [2.24, 2.45) is 11.8 Å². The zero-order valence-electron chi connectivity index (χ0n) is 19.0. The van der Waals surface area contributed by atoms with Gasteiger partial charge in [-0.15, -0.1) is 0 Å². The van der Waals surface area contributed by atoms with Crippen molar-refractivity contribution in [3.8, 4) is 17.2 Å². The van der Waals surface area contributed by atoms with E-state index < -0.39 is 5.97 Å². The van der Waals surface area contributed by atoms with E-state index in [9.17, 15) is 15.0 Å². The Morgan fingerprint density at radius 3 is 2.15 bits per heavy atom. The third kappa shape index (κ3) is 3.33. The van der Waals surface area contributed by atoms with E-state index in [-0.39, 0.29) is 22.1 Å². The van der Waals surface area contributed by atoms with Gasteiger partial charge in [-0.3, -0.25) is 0 Å². The zero-order chi connectivity index (χ0) is 23.5. The molecule has 0 amide bonds. The predicted octanol–water partition coefficient (Wildman–Crippen LogP) is 6.25. The number of benzene rings is 3. The van der Waals surface area contributed by atoms with Crippen LogP contribution in [0.5, 0.6) is 17.2 Å². The lowest BCUT2D eigenvalue weighted by molar-refractivity contribution is -0.0281. The number of carbonyl (C=O) groups is 1. The number of rotatable bonds is 5. The number of carboxylic acid groups (broad SMARTS) is 1. The first kappa shape index (κ1) is 21.1. The number of phenolic OH excluding ortho intramolecular Hbond substituents is 1.